The number of nitrogens with one attached hydrogen (secondary N) is 3. The zero-order valence-electron chi connectivity index (χ0n) is 12.2. The van der Waals surface area contributed by atoms with Gasteiger partial charge in [-0.15, -0.1) is 0 Å². The number of nitrogens with two attached hydrogens (primary N) is 1. The zero-order valence-corrected chi connectivity index (χ0v) is 14.7. The zero-order chi connectivity index (χ0) is 17.2. The summed E-state index contributed by atoms with van der Waals surface area (Å²) in [6.07, 6.45) is -0.735. The number of hydrogen-bond acceptors (Lipinski definition) is 7. The maximum absolute atomic E-state index is 11.9. The fourth-order valence-corrected chi connectivity index (χ4v) is 3.29. The number of thioether (sulfide) groups is 2. The Morgan fingerprint density at radius 3 is 2.61 bits per heavy atom. The highest BCUT2D eigenvalue weighted by molar-refractivity contribution is 8.27. The molecular weight excluding hydrogens is 352 g/mol. The van der Waals surface area contributed by atoms with Crippen LogP contribution in [0.5, 0.6) is 0 Å². The highest BCUT2D eigenvalue weighted by atomic mass is 32.2. The monoisotopic (exact) mass is 370 g/mol. The van der Waals surface area contributed by atoms with Crippen LogP contribution in [0.1, 0.15) is 18.1 Å². The van der Waals surface area contributed by atoms with Crippen molar-refractivity contribution in [3.63, 3.8) is 0 Å². The lowest BCUT2D eigenvalue weighted by Gasteiger charge is -2.12. The number of amidine groups is 1. The number of rotatable bonds is 7. The van der Waals surface area contributed by atoms with Gasteiger partial charge in [-0.2, -0.15) is 11.8 Å². The lowest BCUT2D eigenvalue weighted by Crippen LogP contribution is -2.33. The van der Waals surface area contributed by atoms with Crippen molar-refractivity contribution in [2.75, 3.05) is 11.5 Å². The molecule has 1 aromatic rings. The highest BCUT2D eigenvalue weighted by Crippen LogP contribution is 2.14. The summed E-state index contributed by atoms with van der Waals surface area (Å²) in [5.41, 5.74) is 5.83. The first-order chi connectivity index (χ1) is 10.9. The second-order valence-corrected chi connectivity index (χ2v) is 7.16. The molecule has 0 aliphatic rings. The van der Waals surface area contributed by atoms with Gasteiger partial charge in [-0.1, -0.05) is 42.5 Å². The molecule has 9 heteroatoms. The minimum Gasteiger partial charge on any atom is -0.393 e. The van der Waals surface area contributed by atoms with E-state index in [9.17, 15) is 9.90 Å². The third-order valence-electron chi connectivity index (χ3n) is 2.55. The van der Waals surface area contributed by atoms with Gasteiger partial charge in [0.2, 0.25) is 0 Å². The quantitative estimate of drug-likeness (QED) is 0.216. The molecule has 6 N–H and O–H groups in total. The SMILES string of the molecule is N=C(CSCCC(N)=S)SC(=N)NC(=O)[C@@H](O)c1ccccc1. The first kappa shape index (κ1) is 19.6. The van der Waals surface area contributed by atoms with Gasteiger partial charge in [0.1, 0.15) is 0 Å². The molecule has 0 aliphatic carbocycles. The van der Waals surface area contributed by atoms with E-state index in [1.54, 1.807) is 30.3 Å². The van der Waals surface area contributed by atoms with Gasteiger partial charge in [0.05, 0.1) is 10.0 Å². The molecule has 1 rings (SSSR count). The molecular formula is C14H18N4O2S3. The molecule has 0 saturated carbocycles. The lowest BCUT2D eigenvalue weighted by atomic mass is 10.1. The van der Waals surface area contributed by atoms with Crippen LogP contribution in [0.4, 0.5) is 0 Å². The van der Waals surface area contributed by atoms with Crippen LogP contribution in [0, 0.1) is 10.8 Å². The van der Waals surface area contributed by atoms with Crippen molar-refractivity contribution in [3.8, 4) is 0 Å². The Morgan fingerprint density at radius 2 is 2.00 bits per heavy atom. The average Bonchev–Trinajstić information content (AvgIpc) is 2.51. The van der Waals surface area contributed by atoms with E-state index in [0.717, 1.165) is 11.8 Å². The number of aliphatic hydroxyl groups excluding tert-OH is 1. The molecule has 0 heterocycles. The van der Waals surface area contributed by atoms with E-state index < -0.39 is 12.0 Å². The number of aliphatic hydroxyl groups is 1. The molecule has 1 atom stereocenters. The molecule has 0 spiro atoms. The van der Waals surface area contributed by atoms with Gasteiger partial charge in [-0.3, -0.25) is 15.6 Å². The fourth-order valence-electron chi connectivity index (χ4n) is 1.48. The minimum atomic E-state index is -1.34. The molecule has 0 aromatic heterocycles. The van der Waals surface area contributed by atoms with Crippen LogP contribution in [0.25, 0.3) is 0 Å². The molecule has 23 heavy (non-hydrogen) atoms. The van der Waals surface area contributed by atoms with Crippen LogP contribution in [0.2, 0.25) is 0 Å². The van der Waals surface area contributed by atoms with Crippen molar-refractivity contribution in [1.82, 2.24) is 5.32 Å². The van der Waals surface area contributed by atoms with Gasteiger partial charge < -0.3 is 16.2 Å². The third kappa shape index (κ3) is 8.12. The van der Waals surface area contributed by atoms with Gasteiger partial charge >= 0.3 is 0 Å². The molecule has 0 fully saturated rings. The molecule has 1 aromatic carbocycles. The fraction of sp³-hybridized carbons (Fsp3) is 0.286. The Kier molecular flexibility index (Phi) is 8.85. The Bertz CT molecular complexity index is 581. The van der Waals surface area contributed by atoms with Crippen LogP contribution < -0.4 is 11.1 Å². The Labute approximate surface area is 148 Å². The van der Waals surface area contributed by atoms with E-state index in [-0.39, 0.29) is 10.2 Å². The molecule has 0 unspecified atom stereocenters. The summed E-state index contributed by atoms with van der Waals surface area (Å²) in [5.74, 6) is 0.430. The number of hydrogen-bond donors (Lipinski definition) is 5. The van der Waals surface area contributed by atoms with Crippen LogP contribution >= 0.6 is 35.7 Å². The summed E-state index contributed by atoms with van der Waals surface area (Å²) in [4.78, 5) is 12.3. The summed E-state index contributed by atoms with van der Waals surface area (Å²) in [7, 11) is 0. The van der Waals surface area contributed by atoms with Crippen LogP contribution in [-0.2, 0) is 4.79 Å². The van der Waals surface area contributed by atoms with Crippen molar-refractivity contribution < 1.29 is 9.90 Å². The number of carbonyl (C=O) groups excluding carboxylic acids is 1. The number of amides is 1. The average molecular weight is 371 g/mol. The number of thiocarbonyl (C=S) groups is 1. The maximum atomic E-state index is 11.9. The van der Waals surface area contributed by atoms with Crippen LogP contribution in [0.3, 0.4) is 0 Å². The number of carbonyl (C=O) groups is 1. The van der Waals surface area contributed by atoms with Crippen molar-refractivity contribution >= 4 is 56.8 Å². The van der Waals surface area contributed by atoms with E-state index in [0.29, 0.717) is 28.5 Å². The molecule has 6 nitrogen and oxygen atoms in total. The van der Waals surface area contributed by atoms with E-state index in [1.165, 1.54) is 11.8 Å². The Balaban J connectivity index is 2.33. The summed E-state index contributed by atoms with van der Waals surface area (Å²) in [6.45, 7) is 0. The first-order valence-corrected chi connectivity index (χ1v) is 9.02. The normalized spacial score (nSPS) is 11.5. The van der Waals surface area contributed by atoms with E-state index >= 15 is 0 Å². The summed E-state index contributed by atoms with van der Waals surface area (Å²) < 4.78 is 0. The van der Waals surface area contributed by atoms with Gasteiger partial charge in [-0.05, 0) is 23.1 Å². The first-order valence-electron chi connectivity index (χ1n) is 6.64. The molecule has 0 saturated heterocycles. The van der Waals surface area contributed by atoms with Crippen LogP contribution in [-0.4, -0.2) is 37.7 Å². The molecule has 0 bridgehead atoms. The number of benzene rings is 1. The molecule has 0 radical (unpaired) electrons. The van der Waals surface area contributed by atoms with Gasteiger partial charge in [0, 0.05) is 12.2 Å². The second kappa shape index (κ2) is 10.4. The Hall–Kier alpha value is -1.42. The van der Waals surface area contributed by atoms with E-state index in [2.05, 4.69) is 5.32 Å². The predicted molar refractivity (Wildman–Crippen MR) is 101 cm³/mol. The summed E-state index contributed by atoms with van der Waals surface area (Å²) >= 11 is 7.08. The Morgan fingerprint density at radius 1 is 1.35 bits per heavy atom. The molecule has 124 valence electrons. The van der Waals surface area contributed by atoms with Crippen molar-refractivity contribution in [1.29, 1.82) is 10.8 Å². The van der Waals surface area contributed by atoms with Gasteiger partial charge in [-0.25, -0.2) is 0 Å². The van der Waals surface area contributed by atoms with Gasteiger partial charge in [0.25, 0.3) is 5.91 Å². The largest absolute Gasteiger partial charge is 0.393 e. The molecule has 1 amide bonds. The van der Waals surface area contributed by atoms with Crippen molar-refractivity contribution in [2.45, 2.75) is 12.5 Å². The highest BCUT2D eigenvalue weighted by Gasteiger charge is 2.18. The topological polar surface area (TPSA) is 123 Å². The van der Waals surface area contributed by atoms with Gasteiger partial charge in [0.15, 0.2) is 11.3 Å². The molecule has 0 aliphatic heterocycles. The minimum absolute atomic E-state index is 0.190. The summed E-state index contributed by atoms with van der Waals surface area (Å²) in [5, 5.41) is 27.7. The van der Waals surface area contributed by atoms with E-state index in [4.69, 9.17) is 28.8 Å². The standard InChI is InChI=1S/C14H18N4O2S3/c15-10(21)6-7-22-8-11(16)23-14(17)18-13(20)12(19)9-4-2-1-3-5-9/h1-5,12,16,19H,6-8H2,(H2,15,21)(H2,17,18,20)/t12-/m0/s1. The second-order valence-electron chi connectivity index (χ2n) is 4.43. The predicted octanol–water partition coefficient (Wildman–Crippen LogP) is 1.89. The third-order valence-corrected chi connectivity index (χ3v) is 4.62. The van der Waals surface area contributed by atoms with Crippen LogP contribution in [0.15, 0.2) is 30.3 Å². The van der Waals surface area contributed by atoms with E-state index in [1.807, 2.05) is 0 Å². The van der Waals surface area contributed by atoms with Crippen molar-refractivity contribution in [3.05, 3.63) is 35.9 Å². The smallest absolute Gasteiger partial charge is 0.259 e. The summed E-state index contributed by atoms with van der Waals surface area (Å²) in [6, 6.07) is 8.46. The lowest BCUT2D eigenvalue weighted by molar-refractivity contribution is -0.128. The maximum Gasteiger partial charge on any atom is 0.259 e. The van der Waals surface area contributed by atoms with Crippen molar-refractivity contribution in [2.24, 2.45) is 5.73 Å².